The molecule has 0 aromatic heterocycles. The molecular weight excluding hydrogens is 637 g/mol. The maximum Gasteiger partial charge on any atom is 0.119 e. The highest BCUT2D eigenvalue weighted by molar-refractivity contribution is 5.77. The van der Waals surface area contributed by atoms with Crippen molar-refractivity contribution in [3.63, 3.8) is 0 Å². The minimum atomic E-state index is 0.770. The Morgan fingerprint density at radius 1 is 0.250 bits per heavy atom. The molecule has 0 heterocycles. The average molecular weight is 689 g/mol. The molecule has 0 saturated heterocycles. The molecule has 0 radical (unpaired) electrons. The van der Waals surface area contributed by atoms with Crippen LogP contribution in [-0.4, -0.2) is 13.2 Å². The number of hydrogen-bond donors (Lipinski definition) is 0. The van der Waals surface area contributed by atoms with Crippen LogP contribution in [0.3, 0.4) is 0 Å². The van der Waals surface area contributed by atoms with E-state index in [1.165, 1.54) is 51.4 Å². The van der Waals surface area contributed by atoms with E-state index in [1.807, 2.05) is 0 Å². The molecule has 0 aliphatic rings. The third-order valence-corrected chi connectivity index (χ3v) is 9.32. The fourth-order valence-electron chi connectivity index (χ4n) is 6.58. The van der Waals surface area contributed by atoms with Crippen LogP contribution in [0, 0.1) is 0 Å². The summed E-state index contributed by atoms with van der Waals surface area (Å²) in [6.45, 7) is 1.54. The number of rotatable bonds is 21. The quantitative estimate of drug-likeness (QED) is 0.0703. The Bertz CT molecular complexity index is 1600. The summed E-state index contributed by atoms with van der Waals surface area (Å²) in [5, 5.41) is 0. The smallest absolute Gasteiger partial charge is 0.119 e. The Kier molecular flexibility index (Phi) is 14.2. The van der Waals surface area contributed by atoms with Gasteiger partial charge in [0.2, 0.25) is 0 Å². The summed E-state index contributed by atoms with van der Waals surface area (Å²) in [6, 6.07) is 58.9. The SMILES string of the molecule is c1ccc(N(c2ccccc2)c2ccc(OCCCCCCCCCCCCOc3ccc(N(c4ccccc4)c4ccccc4)cc3)cc2)cc1. The summed E-state index contributed by atoms with van der Waals surface area (Å²) in [7, 11) is 0. The maximum absolute atomic E-state index is 6.09. The van der Waals surface area contributed by atoms with Crippen LogP contribution in [-0.2, 0) is 0 Å². The first-order chi connectivity index (χ1) is 25.8. The summed E-state index contributed by atoms with van der Waals surface area (Å²) >= 11 is 0. The zero-order valence-corrected chi connectivity index (χ0v) is 30.4. The molecule has 0 fully saturated rings. The van der Waals surface area contributed by atoms with Gasteiger partial charge < -0.3 is 19.3 Å². The molecule has 52 heavy (non-hydrogen) atoms. The standard InChI is InChI=1S/C48H52N2O2/c1(3-5-7-21-39-51-47-35-31-45(32-36-47)49(41-23-13-9-14-24-41)42-25-15-10-16-26-42)2-4-6-8-22-40-52-48-37-33-46(34-38-48)50(43-27-17-11-18-28-43)44-29-19-12-20-30-44/h9-20,23-38H,1-8,21-22,39-40H2. The fraction of sp³-hybridized carbons (Fsp3) is 0.250. The molecule has 0 N–H and O–H groups in total. The van der Waals surface area contributed by atoms with Crippen LogP contribution >= 0.6 is 0 Å². The number of ether oxygens (including phenoxy) is 2. The number of benzene rings is 6. The van der Waals surface area contributed by atoms with Crippen molar-refractivity contribution in [3.8, 4) is 11.5 Å². The lowest BCUT2D eigenvalue weighted by Gasteiger charge is -2.25. The molecule has 0 aliphatic heterocycles. The number of anilines is 6. The fourth-order valence-corrected chi connectivity index (χ4v) is 6.58. The first kappa shape index (κ1) is 36.3. The van der Waals surface area contributed by atoms with E-state index in [1.54, 1.807) is 0 Å². The Morgan fingerprint density at radius 2 is 0.481 bits per heavy atom. The van der Waals surface area contributed by atoms with Crippen molar-refractivity contribution in [1.82, 2.24) is 0 Å². The first-order valence-electron chi connectivity index (χ1n) is 19.1. The number of unbranched alkanes of at least 4 members (excludes halogenated alkanes) is 9. The van der Waals surface area contributed by atoms with E-state index in [-0.39, 0.29) is 0 Å². The number of nitrogens with zero attached hydrogens (tertiary/aromatic N) is 2. The van der Waals surface area contributed by atoms with Gasteiger partial charge in [0.25, 0.3) is 0 Å². The topological polar surface area (TPSA) is 24.9 Å². The molecule has 4 nitrogen and oxygen atoms in total. The van der Waals surface area contributed by atoms with Crippen molar-refractivity contribution >= 4 is 34.1 Å². The summed E-state index contributed by atoms with van der Waals surface area (Å²) in [4.78, 5) is 4.54. The van der Waals surface area contributed by atoms with Crippen molar-refractivity contribution in [1.29, 1.82) is 0 Å². The summed E-state index contributed by atoms with van der Waals surface area (Å²) in [6.07, 6.45) is 12.5. The molecule has 266 valence electrons. The van der Waals surface area contributed by atoms with Gasteiger partial charge in [0.05, 0.1) is 13.2 Å². The van der Waals surface area contributed by atoms with Gasteiger partial charge >= 0.3 is 0 Å². The van der Waals surface area contributed by atoms with E-state index in [0.717, 1.165) is 71.7 Å². The van der Waals surface area contributed by atoms with Crippen LogP contribution in [0.2, 0.25) is 0 Å². The highest BCUT2D eigenvalue weighted by atomic mass is 16.5. The molecule has 0 aliphatic carbocycles. The van der Waals surface area contributed by atoms with E-state index in [9.17, 15) is 0 Å². The Hall–Kier alpha value is -5.48. The van der Waals surface area contributed by atoms with Gasteiger partial charge in [-0.05, 0) is 110 Å². The van der Waals surface area contributed by atoms with Crippen LogP contribution in [0.4, 0.5) is 34.1 Å². The Morgan fingerprint density at radius 3 is 0.750 bits per heavy atom. The average Bonchev–Trinajstić information content (AvgIpc) is 3.21. The molecule has 6 aromatic rings. The molecular formula is C48H52N2O2. The van der Waals surface area contributed by atoms with Gasteiger partial charge in [0, 0.05) is 34.1 Å². The molecule has 0 amide bonds. The van der Waals surface area contributed by atoms with Crippen LogP contribution < -0.4 is 19.3 Å². The zero-order chi connectivity index (χ0) is 35.5. The van der Waals surface area contributed by atoms with Crippen LogP contribution in [0.5, 0.6) is 11.5 Å². The molecule has 0 unspecified atom stereocenters. The van der Waals surface area contributed by atoms with E-state index in [4.69, 9.17) is 9.47 Å². The Balaban J connectivity index is 0.797. The number of hydrogen-bond acceptors (Lipinski definition) is 4. The second kappa shape index (κ2) is 20.4. The van der Waals surface area contributed by atoms with Crippen LogP contribution in [0.1, 0.15) is 64.2 Å². The lowest BCUT2D eigenvalue weighted by atomic mass is 10.1. The molecule has 0 atom stereocenters. The minimum absolute atomic E-state index is 0.770. The highest BCUT2D eigenvalue weighted by Gasteiger charge is 2.13. The summed E-state index contributed by atoms with van der Waals surface area (Å²) < 4.78 is 12.2. The van der Waals surface area contributed by atoms with Crippen molar-refractivity contribution in [3.05, 3.63) is 170 Å². The Labute approximate surface area is 311 Å². The minimum Gasteiger partial charge on any atom is -0.494 e. The normalized spacial score (nSPS) is 10.8. The van der Waals surface area contributed by atoms with Gasteiger partial charge in [0.1, 0.15) is 11.5 Å². The summed E-state index contributed by atoms with van der Waals surface area (Å²) in [5.41, 5.74) is 6.80. The van der Waals surface area contributed by atoms with E-state index < -0.39 is 0 Å². The number of para-hydroxylation sites is 4. The van der Waals surface area contributed by atoms with Gasteiger partial charge in [-0.3, -0.25) is 0 Å². The van der Waals surface area contributed by atoms with E-state index in [0.29, 0.717) is 0 Å². The highest BCUT2D eigenvalue weighted by Crippen LogP contribution is 2.36. The maximum atomic E-state index is 6.09. The van der Waals surface area contributed by atoms with Crippen molar-refractivity contribution < 1.29 is 9.47 Å². The second-order valence-corrected chi connectivity index (χ2v) is 13.2. The summed E-state index contributed by atoms with van der Waals surface area (Å²) in [5.74, 6) is 1.87. The van der Waals surface area contributed by atoms with Crippen LogP contribution in [0.15, 0.2) is 170 Å². The largest absolute Gasteiger partial charge is 0.494 e. The van der Waals surface area contributed by atoms with Crippen LogP contribution in [0.25, 0.3) is 0 Å². The lowest BCUT2D eigenvalue weighted by molar-refractivity contribution is 0.303. The molecule has 0 bridgehead atoms. The third-order valence-electron chi connectivity index (χ3n) is 9.32. The van der Waals surface area contributed by atoms with Crippen molar-refractivity contribution in [2.24, 2.45) is 0 Å². The van der Waals surface area contributed by atoms with E-state index >= 15 is 0 Å². The monoisotopic (exact) mass is 688 g/mol. The van der Waals surface area contributed by atoms with Gasteiger partial charge in [-0.2, -0.15) is 0 Å². The van der Waals surface area contributed by atoms with Gasteiger partial charge in [-0.25, -0.2) is 0 Å². The van der Waals surface area contributed by atoms with Crippen molar-refractivity contribution in [2.45, 2.75) is 64.2 Å². The third kappa shape index (κ3) is 11.0. The predicted octanol–water partition coefficient (Wildman–Crippen LogP) is 14.0. The van der Waals surface area contributed by atoms with Crippen molar-refractivity contribution in [2.75, 3.05) is 23.0 Å². The molecule has 0 spiro atoms. The first-order valence-corrected chi connectivity index (χ1v) is 19.1. The molecule has 6 aromatic carbocycles. The van der Waals surface area contributed by atoms with Gasteiger partial charge in [-0.1, -0.05) is 124 Å². The lowest BCUT2D eigenvalue weighted by Crippen LogP contribution is -2.09. The molecule has 0 saturated carbocycles. The second-order valence-electron chi connectivity index (χ2n) is 13.2. The predicted molar refractivity (Wildman–Crippen MR) is 219 cm³/mol. The zero-order valence-electron chi connectivity index (χ0n) is 30.4. The molecule has 6 rings (SSSR count). The molecule has 4 heteroatoms. The van der Waals surface area contributed by atoms with Gasteiger partial charge in [-0.15, -0.1) is 0 Å². The van der Waals surface area contributed by atoms with E-state index in [2.05, 4.69) is 180 Å². The van der Waals surface area contributed by atoms with Gasteiger partial charge in [0.15, 0.2) is 0 Å².